The number of fused-ring (bicyclic) bond motifs is 1. The Kier molecular flexibility index (Phi) is 5.46. The van der Waals surface area contributed by atoms with Crippen molar-refractivity contribution in [2.24, 2.45) is 0 Å². The van der Waals surface area contributed by atoms with Crippen molar-refractivity contribution in [1.82, 2.24) is 10.2 Å². The van der Waals surface area contributed by atoms with Crippen molar-refractivity contribution in [2.75, 3.05) is 20.8 Å². The van der Waals surface area contributed by atoms with E-state index < -0.39 is 11.8 Å². The van der Waals surface area contributed by atoms with E-state index in [0.29, 0.717) is 31.0 Å². The zero-order chi connectivity index (χ0) is 17.8. The molecule has 1 heterocycles. The Morgan fingerprint density at radius 2 is 1.68 bits per heavy atom. The van der Waals surface area contributed by atoms with Crippen LogP contribution in [-0.4, -0.2) is 43.5 Å². The van der Waals surface area contributed by atoms with Crippen LogP contribution < -0.4 is 14.8 Å². The molecule has 1 N–H and O–H groups in total. The molecule has 2 amide bonds. The smallest absolute Gasteiger partial charge is 0.312 e. The number of amides is 2. The van der Waals surface area contributed by atoms with Crippen molar-refractivity contribution >= 4 is 11.8 Å². The second kappa shape index (κ2) is 7.76. The van der Waals surface area contributed by atoms with Gasteiger partial charge in [0.15, 0.2) is 11.5 Å². The highest BCUT2D eigenvalue weighted by Crippen LogP contribution is 2.33. The maximum atomic E-state index is 12.5. The van der Waals surface area contributed by atoms with Crippen molar-refractivity contribution in [3.8, 4) is 11.5 Å². The first-order chi connectivity index (χ1) is 12.1. The molecular formula is C19H26N2O4. The minimum atomic E-state index is -0.476. The summed E-state index contributed by atoms with van der Waals surface area (Å²) in [7, 11) is 3.20. The minimum absolute atomic E-state index is 0.145. The lowest BCUT2D eigenvalue weighted by atomic mass is 9.95. The van der Waals surface area contributed by atoms with Crippen LogP contribution in [0.1, 0.15) is 43.2 Å². The number of carbonyl (C=O) groups is 2. The number of nitrogens with zero attached hydrogens (tertiary/aromatic N) is 1. The van der Waals surface area contributed by atoms with Crippen molar-refractivity contribution in [3.63, 3.8) is 0 Å². The lowest BCUT2D eigenvalue weighted by Crippen LogP contribution is -2.48. The Labute approximate surface area is 148 Å². The van der Waals surface area contributed by atoms with Crippen molar-refractivity contribution in [3.05, 3.63) is 23.3 Å². The molecule has 0 spiro atoms. The molecule has 1 saturated carbocycles. The number of benzene rings is 1. The summed E-state index contributed by atoms with van der Waals surface area (Å²) in [5.74, 6) is 0.417. The van der Waals surface area contributed by atoms with Gasteiger partial charge in [0.1, 0.15) is 0 Å². The Morgan fingerprint density at radius 1 is 1.04 bits per heavy atom. The first-order valence-corrected chi connectivity index (χ1v) is 8.96. The van der Waals surface area contributed by atoms with Crippen molar-refractivity contribution in [2.45, 2.75) is 51.1 Å². The third-order valence-corrected chi connectivity index (χ3v) is 5.14. The maximum absolute atomic E-state index is 12.5. The topological polar surface area (TPSA) is 67.9 Å². The van der Waals surface area contributed by atoms with E-state index in [0.717, 1.165) is 36.8 Å². The van der Waals surface area contributed by atoms with Gasteiger partial charge in [-0.15, -0.1) is 0 Å². The number of carbonyl (C=O) groups excluding carboxylic acids is 2. The highest BCUT2D eigenvalue weighted by Gasteiger charge is 2.28. The van der Waals surface area contributed by atoms with Gasteiger partial charge >= 0.3 is 11.8 Å². The van der Waals surface area contributed by atoms with E-state index in [1.165, 1.54) is 6.42 Å². The molecule has 0 radical (unpaired) electrons. The van der Waals surface area contributed by atoms with E-state index in [1.54, 1.807) is 19.1 Å². The summed E-state index contributed by atoms with van der Waals surface area (Å²) in [6, 6.07) is 4.00. The normalized spacial score (nSPS) is 17.6. The second-order valence-electron chi connectivity index (χ2n) is 6.76. The molecule has 0 unspecified atom stereocenters. The zero-order valence-corrected chi connectivity index (χ0v) is 15.0. The van der Waals surface area contributed by atoms with Gasteiger partial charge in [-0.05, 0) is 42.5 Å². The number of ether oxygens (including phenoxy) is 2. The second-order valence-corrected chi connectivity index (χ2v) is 6.76. The van der Waals surface area contributed by atoms with Gasteiger partial charge < -0.3 is 19.7 Å². The average molecular weight is 346 g/mol. The van der Waals surface area contributed by atoms with Gasteiger partial charge in [-0.1, -0.05) is 19.3 Å². The molecule has 6 heteroatoms. The van der Waals surface area contributed by atoms with Crippen LogP contribution in [0.5, 0.6) is 11.5 Å². The quantitative estimate of drug-likeness (QED) is 0.851. The van der Waals surface area contributed by atoms with Gasteiger partial charge in [-0.2, -0.15) is 0 Å². The number of nitrogens with one attached hydrogen (secondary N) is 1. The van der Waals surface area contributed by atoms with Crippen LogP contribution in [0.4, 0.5) is 0 Å². The molecule has 1 fully saturated rings. The van der Waals surface area contributed by atoms with Gasteiger partial charge in [0, 0.05) is 19.1 Å². The van der Waals surface area contributed by atoms with E-state index in [-0.39, 0.29) is 6.04 Å². The van der Waals surface area contributed by atoms with Crippen LogP contribution >= 0.6 is 0 Å². The van der Waals surface area contributed by atoms with E-state index >= 15 is 0 Å². The van der Waals surface area contributed by atoms with Gasteiger partial charge in [0.2, 0.25) is 0 Å². The van der Waals surface area contributed by atoms with Crippen molar-refractivity contribution in [1.29, 1.82) is 0 Å². The Balaban J connectivity index is 1.66. The number of rotatable bonds is 3. The number of hydrogen-bond donors (Lipinski definition) is 1. The molecule has 0 saturated heterocycles. The maximum Gasteiger partial charge on any atom is 0.312 e. The SMILES string of the molecule is COc1cc2c(cc1OC)CN(C(=O)C(=O)NC1CCCCC1)CC2. The van der Waals surface area contributed by atoms with Crippen molar-refractivity contribution < 1.29 is 19.1 Å². The molecule has 6 nitrogen and oxygen atoms in total. The summed E-state index contributed by atoms with van der Waals surface area (Å²) in [6.45, 7) is 0.964. The minimum Gasteiger partial charge on any atom is -0.493 e. The molecule has 1 aromatic rings. The Hall–Kier alpha value is -2.24. The Bertz CT molecular complexity index is 653. The summed E-state index contributed by atoms with van der Waals surface area (Å²) in [5, 5.41) is 2.91. The largest absolute Gasteiger partial charge is 0.493 e. The Morgan fingerprint density at radius 3 is 2.32 bits per heavy atom. The highest BCUT2D eigenvalue weighted by atomic mass is 16.5. The third-order valence-electron chi connectivity index (χ3n) is 5.14. The summed E-state index contributed by atoms with van der Waals surface area (Å²) in [4.78, 5) is 26.4. The van der Waals surface area contributed by atoms with E-state index in [1.807, 2.05) is 12.1 Å². The first-order valence-electron chi connectivity index (χ1n) is 8.96. The number of hydrogen-bond acceptors (Lipinski definition) is 4. The molecule has 0 atom stereocenters. The summed E-state index contributed by atoms with van der Waals surface area (Å²) in [5.41, 5.74) is 2.14. The first kappa shape index (κ1) is 17.6. The van der Waals surface area contributed by atoms with Crippen LogP contribution in [-0.2, 0) is 22.6 Å². The standard InChI is InChI=1S/C19H26N2O4/c1-24-16-10-13-8-9-21(12-14(13)11-17(16)25-2)19(23)18(22)20-15-6-4-3-5-7-15/h10-11,15H,3-9,12H2,1-2H3,(H,20,22). The highest BCUT2D eigenvalue weighted by molar-refractivity contribution is 6.35. The number of methoxy groups -OCH3 is 2. The van der Waals surface area contributed by atoms with Crippen LogP contribution in [0.2, 0.25) is 0 Å². The van der Waals surface area contributed by atoms with Crippen LogP contribution in [0, 0.1) is 0 Å². The molecule has 3 rings (SSSR count). The zero-order valence-electron chi connectivity index (χ0n) is 15.0. The van der Waals surface area contributed by atoms with E-state index in [9.17, 15) is 9.59 Å². The summed E-state index contributed by atoms with van der Waals surface area (Å²) in [6.07, 6.45) is 6.11. The van der Waals surface area contributed by atoms with Gasteiger partial charge in [0.05, 0.1) is 14.2 Å². The molecule has 136 valence electrons. The lowest BCUT2D eigenvalue weighted by molar-refractivity contribution is -0.147. The third kappa shape index (κ3) is 3.89. The van der Waals surface area contributed by atoms with E-state index in [2.05, 4.69) is 5.32 Å². The summed E-state index contributed by atoms with van der Waals surface area (Å²) >= 11 is 0. The fourth-order valence-corrected chi connectivity index (χ4v) is 3.69. The molecule has 1 aliphatic carbocycles. The molecule has 0 aromatic heterocycles. The predicted molar refractivity (Wildman–Crippen MR) is 93.7 cm³/mol. The molecular weight excluding hydrogens is 320 g/mol. The molecule has 0 bridgehead atoms. The average Bonchev–Trinajstić information content (AvgIpc) is 2.66. The monoisotopic (exact) mass is 346 g/mol. The van der Waals surface area contributed by atoms with E-state index in [4.69, 9.17) is 9.47 Å². The molecule has 1 aliphatic heterocycles. The van der Waals surface area contributed by atoms with Gasteiger partial charge in [-0.3, -0.25) is 9.59 Å². The summed E-state index contributed by atoms with van der Waals surface area (Å²) < 4.78 is 10.7. The van der Waals surface area contributed by atoms with Gasteiger partial charge in [-0.25, -0.2) is 0 Å². The molecule has 2 aliphatic rings. The van der Waals surface area contributed by atoms with Gasteiger partial charge in [0.25, 0.3) is 0 Å². The van der Waals surface area contributed by atoms with Crippen LogP contribution in [0.3, 0.4) is 0 Å². The molecule has 1 aromatic carbocycles. The van der Waals surface area contributed by atoms with Crippen LogP contribution in [0.25, 0.3) is 0 Å². The fourth-order valence-electron chi connectivity index (χ4n) is 3.69. The predicted octanol–water partition coefficient (Wildman–Crippen LogP) is 2.04. The lowest BCUT2D eigenvalue weighted by Gasteiger charge is -2.30. The molecule has 25 heavy (non-hydrogen) atoms. The van der Waals surface area contributed by atoms with Crippen LogP contribution in [0.15, 0.2) is 12.1 Å². The fraction of sp³-hybridized carbons (Fsp3) is 0.579.